The summed E-state index contributed by atoms with van der Waals surface area (Å²) < 4.78 is 144. The first-order valence-electron chi connectivity index (χ1n) is 4.94. The molecule has 0 aromatic carbocycles. The largest absolute Gasteiger partial charge is 0.458 e. The number of rotatable bonds is 8. The van der Waals surface area contributed by atoms with Crippen molar-refractivity contribution < 1.29 is 57.6 Å². The Morgan fingerprint density at radius 1 is 0.783 bits per heavy atom. The third-order valence-corrected chi connectivity index (χ3v) is 2.30. The van der Waals surface area contributed by atoms with Gasteiger partial charge in [-0.2, -0.15) is 54.1 Å². The zero-order chi connectivity index (χ0) is 18.7. The molecule has 0 aromatic rings. The molecule has 0 aliphatic rings. The Hall–Kier alpha value is -0.820. The van der Waals surface area contributed by atoms with Gasteiger partial charge < -0.3 is 0 Å². The topological polar surface area (TPSA) is 43.2 Å². The molecule has 4 nitrogen and oxygen atoms in total. The van der Waals surface area contributed by atoms with Crippen molar-refractivity contribution in [3.8, 4) is 0 Å². The molecule has 23 heavy (non-hydrogen) atoms. The van der Waals surface area contributed by atoms with E-state index in [0.29, 0.717) is 9.47 Å². The van der Waals surface area contributed by atoms with Gasteiger partial charge in [-0.15, -0.1) is 0 Å². The van der Waals surface area contributed by atoms with Crippen LogP contribution < -0.4 is 0 Å². The molecule has 2 unspecified atom stereocenters. The number of halogens is 11. The number of alkyl halides is 11. The van der Waals surface area contributed by atoms with Crippen molar-refractivity contribution in [2.24, 2.45) is 10.2 Å². The highest BCUT2D eigenvalue weighted by molar-refractivity contribution is 7.09. The summed E-state index contributed by atoms with van der Waals surface area (Å²) in [5, 5.41) is 4.29. The Morgan fingerprint density at radius 3 is 1.61 bits per heavy atom. The molecule has 0 fully saturated rings. The number of hydrogen-bond acceptors (Lipinski definition) is 4. The molecule has 0 aromatic heterocycles. The summed E-state index contributed by atoms with van der Waals surface area (Å²) >= 11 is 0. The molecular weight excluding hydrogens is 384 g/mol. The minimum atomic E-state index is -6.90. The highest BCUT2D eigenvalue weighted by Crippen LogP contribution is 2.52. The fraction of sp³-hybridized carbons (Fsp3) is 1.00. The van der Waals surface area contributed by atoms with Gasteiger partial charge in [-0.05, 0) is 0 Å². The number of azo groups is 1. The predicted octanol–water partition coefficient (Wildman–Crippen LogP) is 4.24. The van der Waals surface area contributed by atoms with Gasteiger partial charge in [0.2, 0.25) is 0 Å². The Morgan fingerprint density at radius 2 is 1.26 bits per heavy atom. The average molecular weight is 390 g/mol. The summed E-state index contributed by atoms with van der Waals surface area (Å²) in [5.41, 5.74) is 0. The van der Waals surface area contributed by atoms with E-state index in [4.69, 9.17) is 0 Å². The summed E-state index contributed by atoms with van der Waals surface area (Å²) in [7, 11) is 0.429. The SMILES string of the molecule is FCN=NCC(F)(F)C(F)(F)OC(F)(C(F)(F)F)C(F)(F)OP. The molecule has 16 heteroatoms. The van der Waals surface area contributed by atoms with Crippen LogP contribution in [0.25, 0.3) is 0 Å². The fourth-order valence-corrected chi connectivity index (χ4v) is 1.03. The first-order valence-corrected chi connectivity index (χ1v) is 5.41. The van der Waals surface area contributed by atoms with E-state index in [1.165, 1.54) is 0 Å². The normalized spacial score (nSPS) is 17.6. The highest BCUT2D eigenvalue weighted by atomic mass is 31.0. The lowest BCUT2D eigenvalue weighted by atomic mass is 10.2. The second-order valence-corrected chi connectivity index (χ2v) is 3.85. The van der Waals surface area contributed by atoms with Crippen LogP contribution in [0.1, 0.15) is 0 Å². The average Bonchev–Trinajstić information content (AvgIpc) is 2.36. The predicted molar refractivity (Wildman–Crippen MR) is 52.3 cm³/mol. The maximum Gasteiger partial charge on any atom is 0.458 e. The molecule has 0 saturated carbocycles. The standard InChI is InChI=1S/C7H6F11N2O2P/c8-2-20-19-1-3(9,10)6(15,16)21-4(11,5(12,13)14)7(17,18)22-23/h1-2,23H2. The first-order chi connectivity index (χ1) is 10.1. The van der Waals surface area contributed by atoms with Crippen molar-refractivity contribution in [1.82, 2.24) is 0 Å². The van der Waals surface area contributed by atoms with E-state index in [2.05, 4.69) is 19.5 Å². The first kappa shape index (κ1) is 22.2. The van der Waals surface area contributed by atoms with Gasteiger partial charge in [0.05, 0.1) is 0 Å². The van der Waals surface area contributed by atoms with Crippen LogP contribution in [-0.4, -0.2) is 43.5 Å². The smallest absolute Gasteiger partial charge is 0.299 e. The van der Waals surface area contributed by atoms with Crippen molar-refractivity contribution in [2.45, 2.75) is 30.2 Å². The molecule has 138 valence electrons. The highest BCUT2D eigenvalue weighted by Gasteiger charge is 2.79. The number of hydrogen-bond donors (Lipinski definition) is 0. The van der Waals surface area contributed by atoms with Gasteiger partial charge in [-0.1, -0.05) is 0 Å². The lowest BCUT2D eigenvalue weighted by molar-refractivity contribution is -0.507. The van der Waals surface area contributed by atoms with Crippen LogP contribution in [0.3, 0.4) is 0 Å². The van der Waals surface area contributed by atoms with Crippen LogP contribution in [0, 0.1) is 0 Å². The molecule has 0 aliphatic heterocycles. The summed E-state index contributed by atoms with van der Waals surface area (Å²) in [6.07, 6.45) is -19.5. The summed E-state index contributed by atoms with van der Waals surface area (Å²) in [5.74, 6) is -12.4. The molecule has 2 atom stereocenters. The van der Waals surface area contributed by atoms with Gasteiger partial charge >= 0.3 is 30.2 Å². The van der Waals surface area contributed by atoms with Crippen LogP contribution in [0.2, 0.25) is 0 Å². The van der Waals surface area contributed by atoms with Gasteiger partial charge in [0, 0.05) is 9.47 Å². The zero-order valence-electron chi connectivity index (χ0n) is 10.4. The van der Waals surface area contributed by atoms with E-state index in [1.807, 2.05) is 0 Å². The number of nitrogens with zero attached hydrogens (tertiary/aromatic N) is 2. The van der Waals surface area contributed by atoms with E-state index < -0.39 is 43.5 Å². The zero-order valence-corrected chi connectivity index (χ0v) is 11.5. The summed E-state index contributed by atoms with van der Waals surface area (Å²) in [4.78, 5) is 0. The van der Waals surface area contributed by atoms with Crippen LogP contribution in [-0.2, 0) is 9.26 Å². The second-order valence-electron chi connectivity index (χ2n) is 3.61. The van der Waals surface area contributed by atoms with Gasteiger partial charge in [0.15, 0.2) is 6.80 Å². The molecule has 0 spiro atoms. The monoisotopic (exact) mass is 390 g/mol. The molecule has 0 amide bonds. The van der Waals surface area contributed by atoms with E-state index in [9.17, 15) is 48.3 Å². The van der Waals surface area contributed by atoms with Crippen molar-refractivity contribution in [3.63, 3.8) is 0 Å². The maximum atomic E-state index is 13.3. The van der Waals surface area contributed by atoms with Crippen molar-refractivity contribution in [2.75, 3.05) is 13.3 Å². The quantitative estimate of drug-likeness (QED) is 0.269. The van der Waals surface area contributed by atoms with E-state index in [0.717, 1.165) is 0 Å². The summed E-state index contributed by atoms with van der Waals surface area (Å²) in [6, 6.07) is 0. The minimum Gasteiger partial charge on any atom is -0.299 e. The van der Waals surface area contributed by atoms with Gasteiger partial charge in [-0.25, -0.2) is 4.39 Å². The molecule has 0 saturated heterocycles. The molecule has 0 bridgehead atoms. The lowest BCUT2D eigenvalue weighted by Crippen LogP contribution is -2.63. The Labute approximate surface area is 122 Å². The van der Waals surface area contributed by atoms with Gasteiger partial charge in [0.25, 0.3) is 0 Å². The maximum absolute atomic E-state index is 13.3. The number of ether oxygens (including phenoxy) is 1. The third kappa shape index (κ3) is 4.59. The molecule has 0 radical (unpaired) electrons. The van der Waals surface area contributed by atoms with Crippen molar-refractivity contribution >= 4 is 9.47 Å². The van der Waals surface area contributed by atoms with E-state index in [-0.39, 0.29) is 0 Å². The van der Waals surface area contributed by atoms with Crippen LogP contribution in [0.15, 0.2) is 10.2 Å². The fourth-order valence-electron chi connectivity index (χ4n) is 0.878. The third-order valence-electron chi connectivity index (χ3n) is 2.00. The van der Waals surface area contributed by atoms with E-state index >= 15 is 0 Å². The van der Waals surface area contributed by atoms with Crippen LogP contribution >= 0.6 is 9.47 Å². The second kappa shape index (κ2) is 6.97. The molecular formula is C7H6F11N2O2P. The Kier molecular flexibility index (Phi) is 6.72. The van der Waals surface area contributed by atoms with Gasteiger partial charge in [-0.3, -0.25) is 9.26 Å². The van der Waals surface area contributed by atoms with Crippen LogP contribution in [0.5, 0.6) is 0 Å². The van der Waals surface area contributed by atoms with E-state index in [1.54, 1.807) is 0 Å². The Bertz CT molecular complexity index is 429. The lowest BCUT2D eigenvalue weighted by Gasteiger charge is -2.36. The molecule has 0 rings (SSSR count). The molecule has 0 N–H and O–H groups in total. The Balaban J connectivity index is 5.70. The summed E-state index contributed by atoms with van der Waals surface area (Å²) in [6.45, 7) is -4.21. The van der Waals surface area contributed by atoms with Crippen LogP contribution in [0.4, 0.5) is 48.3 Å². The molecule has 0 aliphatic carbocycles. The molecule has 0 heterocycles. The van der Waals surface area contributed by atoms with Crippen molar-refractivity contribution in [1.29, 1.82) is 0 Å². The minimum absolute atomic E-state index is 0.429. The van der Waals surface area contributed by atoms with Crippen molar-refractivity contribution in [3.05, 3.63) is 0 Å². The van der Waals surface area contributed by atoms with Gasteiger partial charge in [0.1, 0.15) is 6.54 Å².